The van der Waals surface area contributed by atoms with Crippen LogP contribution in [-0.4, -0.2) is 29.8 Å². The fraction of sp³-hybridized carbons (Fsp3) is 0.158. The third kappa shape index (κ3) is 5.24. The highest BCUT2D eigenvalue weighted by Gasteiger charge is 2.16. The number of carbonyl (C=O) groups excluding carboxylic acids is 2. The van der Waals surface area contributed by atoms with Gasteiger partial charge in [0.25, 0.3) is 0 Å². The second kappa shape index (κ2) is 8.73. The molecule has 130 valence electrons. The topological polar surface area (TPSA) is 49.4 Å². The molecule has 2 aromatic carbocycles. The van der Waals surface area contributed by atoms with Crippen LogP contribution in [0.5, 0.6) is 0 Å². The summed E-state index contributed by atoms with van der Waals surface area (Å²) in [6.45, 7) is 1.69. The van der Waals surface area contributed by atoms with Gasteiger partial charge in [0.05, 0.1) is 0 Å². The van der Waals surface area contributed by atoms with E-state index in [1.54, 1.807) is 13.0 Å². The molecule has 0 spiro atoms. The standard InChI is InChI=1S/C19H18F2N2O2/c1-2-23(18(25)12-11-14-7-4-3-5-8-14)13-17(24)22-19-15(20)9-6-10-16(19)21/h3-12H,2,13H2,1H3,(H,22,24)/b12-11+. The molecule has 0 aliphatic heterocycles. The summed E-state index contributed by atoms with van der Waals surface area (Å²) in [5.41, 5.74) is 0.334. The minimum absolute atomic E-state index is 0.283. The van der Waals surface area contributed by atoms with Gasteiger partial charge in [-0.05, 0) is 30.7 Å². The third-order valence-electron chi connectivity index (χ3n) is 3.47. The fourth-order valence-electron chi connectivity index (χ4n) is 2.15. The molecule has 0 atom stereocenters. The average molecular weight is 344 g/mol. The van der Waals surface area contributed by atoms with E-state index in [9.17, 15) is 18.4 Å². The lowest BCUT2D eigenvalue weighted by Crippen LogP contribution is -2.37. The van der Waals surface area contributed by atoms with Crippen LogP contribution < -0.4 is 5.32 Å². The van der Waals surface area contributed by atoms with Gasteiger partial charge in [0, 0.05) is 12.6 Å². The van der Waals surface area contributed by atoms with Gasteiger partial charge in [-0.15, -0.1) is 0 Å². The largest absolute Gasteiger partial charge is 0.330 e. The molecular weight excluding hydrogens is 326 g/mol. The van der Waals surface area contributed by atoms with Gasteiger partial charge in [-0.1, -0.05) is 36.4 Å². The molecule has 0 aliphatic carbocycles. The molecule has 2 rings (SSSR count). The first-order chi connectivity index (χ1) is 12.0. The van der Waals surface area contributed by atoms with E-state index in [-0.39, 0.29) is 19.0 Å². The number of anilines is 1. The van der Waals surface area contributed by atoms with Gasteiger partial charge < -0.3 is 10.2 Å². The quantitative estimate of drug-likeness (QED) is 0.816. The molecule has 0 radical (unpaired) electrons. The maximum absolute atomic E-state index is 13.6. The van der Waals surface area contributed by atoms with Crippen molar-refractivity contribution >= 4 is 23.6 Å². The average Bonchev–Trinajstić information content (AvgIpc) is 2.61. The van der Waals surface area contributed by atoms with Crippen LogP contribution in [0.25, 0.3) is 6.08 Å². The van der Waals surface area contributed by atoms with E-state index in [1.807, 2.05) is 30.3 Å². The Morgan fingerprint density at radius 3 is 2.28 bits per heavy atom. The number of halogens is 2. The number of carbonyl (C=O) groups is 2. The lowest BCUT2D eigenvalue weighted by molar-refractivity contribution is -0.130. The predicted octanol–water partition coefficient (Wildman–Crippen LogP) is 3.47. The van der Waals surface area contributed by atoms with E-state index in [0.717, 1.165) is 17.7 Å². The van der Waals surface area contributed by atoms with Crippen molar-refractivity contribution in [1.29, 1.82) is 0 Å². The second-order valence-electron chi connectivity index (χ2n) is 5.24. The van der Waals surface area contributed by atoms with Crippen LogP contribution in [0.3, 0.4) is 0 Å². The number of nitrogens with one attached hydrogen (secondary N) is 1. The van der Waals surface area contributed by atoms with Crippen LogP contribution in [0.2, 0.25) is 0 Å². The highest BCUT2D eigenvalue weighted by Crippen LogP contribution is 2.17. The number of benzene rings is 2. The highest BCUT2D eigenvalue weighted by atomic mass is 19.1. The van der Waals surface area contributed by atoms with E-state index in [0.29, 0.717) is 0 Å². The summed E-state index contributed by atoms with van der Waals surface area (Å²) in [6, 6.07) is 12.5. The van der Waals surface area contributed by atoms with E-state index >= 15 is 0 Å². The van der Waals surface area contributed by atoms with Gasteiger partial charge in [0.15, 0.2) is 0 Å². The Bertz CT molecular complexity index is 756. The van der Waals surface area contributed by atoms with Crippen molar-refractivity contribution in [3.05, 3.63) is 71.8 Å². The van der Waals surface area contributed by atoms with Crippen LogP contribution >= 0.6 is 0 Å². The fourth-order valence-corrected chi connectivity index (χ4v) is 2.15. The maximum Gasteiger partial charge on any atom is 0.247 e. The number of hydrogen-bond donors (Lipinski definition) is 1. The van der Waals surface area contributed by atoms with Crippen molar-refractivity contribution in [3.8, 4) is 0 Å². The molecule has 4 nitrogen and oxygen atoms in total. The maximum atomic E-state index is 13.6. The zero-order chi connectivity index (χ0) is 18.2. The van der Waals surface area contributed by atoms with E-state index in [1.165, 1.54) is 17.0 Å². The van der Waals surface area contributed by atoms with Gasteiger partial charge in [0.1, 0.15) is 23.9 Å². The Hall–Kier alpha value is -3.02. The predicted molar refractivity (Wildman–Crippen MR) is 92.7 cm³/mol. The van der Waals surface area contributed by atoms with E-state index in [4.69, 9.17) is 0 Å². The number of para-hydroxylation sites is 1. The van der Waals surface area contributed by atoms with Crippen LogP contribution in [0.15, 0.2) is 54.6 Å². The van der Waals surface area contributed by atoms with Crippen molar-refractivity contribution in [2.45, 2.75) is 6.92 Å². The van der Waals surface area contributed by atoms with Gasteiger partial charge in [0.2, 0.25) is 11.8 Å². The monoisotopic (exact) mass is 344 g/mol. The zero-order valence-corrected chi connectivity index (χ0v) is 13.7. The van der Waals surface area contributed by atoms with Crippen LogP contribution in [0.4, 0.5) is 14.5 Å². The number of amides is 2. The summed E-state index contributed by atoms with van der Waals surface area (Å²) in [6.07, 6.45) is 3.00. The van der Waals surface area contributed by atoms with Crippen LogP contribution in [0, 0.1) is 11.6 Å². The molecule has 0 bridgehead atoms. The molecule has 0 saturated heterocycles. The molecule has 2 amide bonds. The number of nitrogens with zero attached hydrogens (tertiary/aromatic N) is 1. The Morgan fingerprint density at radius 2 is 1.68 bits per heavy atom. The number of hydrogen-bond acceptors (Lipinski definition) is 2. The molecule has 0 aliphatic rings. The summed E-state index contributed by atoms with van der Waals surface area (Å²) < 4.78 is 27.1. The van der Waals surface area contributed by atoms with Crippen LogP contribution in [-0.2, 0) is 9.59 Å². The molecule has 0 saturated carbocycles. The summed E-state index contributed by atoms with van der Waals surface area (Å²) >= 11 is 0. The summed E-state index contributed by atoms with van der Waals surface area (Å²) in [7, 11) is 0. The van der Waals surface area contributed by atoms with Gasteiger partial charge in [-0.3, -0.25) is 9.59 Å². The molecule has 1 N–H and O–H groups in total. The first-order valence-corrected chi connectivity index (χ1v) is 7.77. The van der Waals surface area contributed by atoms with Crippen molar-refractivity contribution in [2.24, 2.45) is 0 Å². The molecule has 0 unspecified atom stereocenters. The normalized spacial score (nSPS) is 10.7. The first-order valence-electron chi connectivity index (χ1n) is 7.77. The molecule has 0 fully saturated rings. The van der Waals surface area contributed by atoms with Crippen molar-refractivity contribution in [1.82, 2.24) is 4.90 Å². The lowest BCUT2D eigenvalue weighted by Gasteiger charge is -2.18. The highest BCUT2D eigenvalue weighted by molar-refractivity contribution is 5.98. The molecule has 2 aromatic rings. The summed E-state index contributed by atoms with van der Waals surface area (Å²) in [5, 5.41) is 2.17. The number of rotatable bonds is 6. The minimum atomic E-state index is -0.869. The number of likely N-dealkylation sites (N-methyl/N-ethyl adjacent to an activating group) is 1. The van der Waals surface area contributed by atoms with Crippen molar-refractivity contribution in [2.75, 3.05) is 18.4 Å². The van der Waals surface area contributed by atoms with E-state index < -0.39 is 23.2 Å². The van der Waals surface area contributed by atoms with Gasteiger partial charge in [-0.25, -0.2) is 8.78 Å². The summed E-state index contributed by atoms with van der Waals surface area (Å²) in [4.78, 5) is 25.5. The van der Waals surface area contributed by atoms with Crippen molar-refractivity contribution < 1.29 is 18.4 Å². The van der Waals surface area contributed by atoms with E-state index in [2.05, 4.69) is 5.32 Å². The SMILES string of the molecule is CCN(CC(=O)Nc1c(F)cccc1F)C(=O)/C=C/c1ccccc1. The lowest BCUT2D eigenvalue weighted by atomic mass is 10.2. The molecule has 0 aromatic heterocycles. The second-order valence-corrected chi connectivity index (χ2v) is 5.24. The van der Waals surface area contributed by atoms with Crippen LogP contribution in [0.1, 0.15) is 12.5 Å². The Labute approximate surface area is 144 Å². The third-order valence-corrected chi connectivity index (χ3v) is 3.47. The van der Waals surface area contributed by atoms with Gasteiger partial charge >= 0.3 is 0 Å². The Balaban J connectivity index is 2.00. The zero-order valence-electron chi connectivity index (χ0n) is 13.7. The summed E-state index contributed by atoms with van der Waals surface area (Å²) in [5.74, 6) is -2.78. The Morgan fingerprint density at radius 1 is 1.04 bits per heavy atom. The molecule has 0 heterocycles. The Kier molecular flexibility index (Phi) is 6.39. The van der Waals surface area contributed by atoms with Gasteiger partial charge in [-0.2, -0.15) is 0 Å². The first kappa shape index (κ1) is 18.3. The molecule has 6 heteroatoms. The smallest absolute Gasteiger partial charge is 0.247 e. The molecular formula is C19H18F2N2O2. The minimum Gasteiger partial charge on any atom is -0.330 e. The van der Waals surface area contributed by atoms with Crippen molar-refractivity contribution in [3.63, 3.8) is 0 Å². The molecule has 25 heavy (non-hydrogen) atoms.